The van der Waals surface area contributed by atoms with E-state index < -0.39 is 11.7 Å². The minimum absolute atomic E-state index is 0.0798. The van der Waals surface area contributed by atoms with Crippen LogP contribution in [0.5, 0.6) is 0 Å². The quantitative estimate of drug-likeness (QED) is 0.749. The molecule has 0 aliphatic carbocycles. The van der Waals surface area contributed by atoms with Crippen molar-refractivity contribution in [3.8, 4) is 10.6 Å². The zero-order chi connectivity index (χ0) is 15.5. The van der Waals surface area contributed by atoms with Crippen LogP contribution >= 0.6 is 22.9 Å². The summed E-state index contributed by atoms with van der Waals surface area (Å²) in [5, 5.41) is 4.64. The number of thiophene rings is 1. The number of halogens is 2. The second-order valence-electron chi connectivity index (χ2n) is 4.52. The lowest BCUT2D eigenvalue weighted by atomic mass is 10.2. The first-order chi connectivity index (χ1) is 10.6. The highest BCUT2D eigenvalue weighted by Gasteiger charge is 2.16. The topological polar surface area (TPSA) is 42.2 Å². The van der Waals surface area contributed by atoms with E-state index >= 15 is 0 Å². The number of hydrogen-bond donors (Lipinski definition) is 1. The van der Waals surface area contributed by atoms with Gasteiger partial charge < -0.3 is 9.73 Å². The largest absolute Gasteiger partial charge is 0.458 e. The maximum absolute atomic E-state index is 13.6. The Hall–Kier alpha value is -2.11. The molecular weight excluding hydrogens is 325 g/mol. The first-order valence-electron chi connectivity index (χ1n) is 6.50. The molecule has 0 fully saturated rings. The second-order valence-corrected chi connectivity index (χ2v) is 5.88. The Morgan fingerprint density at radius 1 is 1.23 bits per heavy atom. The second kappa shape index (κ2) is 6.34. The lowest BCUT2D eigenvalue weighted by Gasteiger charge is -2.06. The summed E-state index contributed by atoms with van der Waals surface area (Å²) < 4.78 is 19.3. The highest BCUT2D eigenvalue weighted by atomic mass is 35.5. The monoisotopic (exact) mass is 335 g/mol. The van der Waals surface area contributed by atoms with Crippen molar-refractivity contribution in [1.29, 1.82) is 0 Å². The van der Waals surface area contributed by atoms with Crippen molar-refractivity contribution < 1.29 is 13.6 Å². The van der Waals surface area contributed by atoms with E-state index in [-0.39, 0.29) is 17.1 Å². The molecule has 0 saturated heterocycles. The Balaban J connectivity index is 1.69. The number of carbonyl (C=O) groups excluding carboxylic acids is 1. The normalized spacial score (nSPS) is 10.6. The van der Waals surface area contributed by atoms with Crippen molar-refractivity contribution >= 4 is 28.8 Å². The third-order valence-electron chi connectivity index (χ3n) is 3.04. The first kappa shape index (κ1) is 14.8. The molecule has 2 aromatic heterocycles. The van der Waals surface area contributed by atoms with Crippen molar-refractivity contribution in [3.63, 3.8) is 0 Å². The van der Waals surface area contributed by atoms with E-state index in [2.05, 4.69) is 5.32 Å². The molecule has 6 heteroatoms. The summed E-state index contributed by atoms with van der Waals surface area (Å²) in [7, 11) is 0. The Morgan fingerprint density at radius 2 is 2.09 bits per heavy atom. The van der Waals surface area contributed by atoms with Crippen LogP contribution in [0.15, 0.2) is 52.3 Å². The van der Waals surface area contributed by atoms with Gasteiger partial charge in [0.15, 0.2) is 0 Å². The van der Waals surface area contributed by atoms with Gasteiger partial charge in [-0.15, -0.1) is 11.3 Å². The van der Waals surface area contributed by atoms with Crippen molar-refractivity contribution in [2.45, 2.75) is 6.54 Å². The maximum atomic E-state index is 13.6. The van der Waals surface area contributed by atoms with Crippen LogP contribution in [0.3, 0.4) is 0 Å². The van der Waals surface area contributed by atoms with Crippen LogP contribution < -0.4 is 5.32 Å². The van der Waals surface area contributed by atoms with Gasteiger partial charge in [0, 0.05) is 0 Å². The van der Waals surface area contributed by atoms with Gasteiger partial charge in [0.1, 0.15) is 17.3 Å². The summed E-state index contributed by atoms with van der Waals surface area (Å²) >= 11 is 7.42. The average Bonchev–Trinajstić information content (AvgIpc) is 3.16. The molecule has 2 heterocycles. The number of benzene rings is 1. The Labute approximate surface area is 135 Å². The summed E-state index contributed by atoms with van der Waals surface area (Å²) in [6, 6.07) is 11.6. The van der Waals surface area contributed by atoms with Gasteiger partial charge in [0.05, 0.1) is 22.0 Å². The molecule has 3 nitrogen and oxygen atoms in total. The van der Waals surface area contributed by atoms with Gasteiger partial charge in [0.2, 0.25) is 0 Å². The van der Waals surface area contributed by atoms with Crippen molar-refractivity contribution in [3.05, 3.63) is 70.0 Å². The molecule has 0 bridgehead atoms. The first-order valence-corrected chi connectivity index (χ1v) is 7.75. The molecule has 3 rings (SSSR count). The molecule has 0 saturated carbocycles. The number of amides is 1. The van der Waals surface area contributed by atoms with Crippen LogP contribution in [0, 0.1) is 5.82 Å². The molecule has 0 radical (unpaired) electrons. The minimum atomic E-state index is -0.649. The summed E-state index contributed by atoms with van der Waals surface area (Å²) in [4.78, 5) is 13.0. The van der Waals surface area contributed by atoms with E-state index in [0.717, 1.165) is 10.6 Å². The Bertz CT molecular complexity index is 778. The fraction of sp³-hybridized carbons (Fsp3) is 0.0625. The fourth-order valence-corrected chi connectivity index (χ4v) is 2.93. The Morgan fingerprint density at radius 3 is 2.82 bits per heavy atom. The van der Waals surface area contributed by atoms with Crippen LogP contribution in [0.2, 0.25) is 5.02 Å². The predicted molar refractivity (Wildman–Crippen MR) is 84.6 cm³/mol. The molecule has 0 atom stereocenters. The van der Waals surface area contributed by atoms with E-state index in [9.17, 15) is 9.18 Å². The SMILES string of the molecule is O=C(NCc1ccc(-c2cccs2)o1)c1c(F)cccc1Cl. The molecule has 0 unspecified atom stereocenters. The van der Waals surface area contributed by atoms with Crippen molar-refractivity contribution in [1.82, 2.24) is 5.32 Å². The zero-order valence-electron chi connectivity index (χ0n) is 11.3. The molecule has 1 amide bonds. The predicted octanol–water partition coefficient (Wildman–Crippen LogP) is 4.73. The molecule has 0 spiro atoms. The van der Waals surface area contributed by atoms with E-state index in [1.54, 1.807) is 17.4 Å². The van der Waals surface area contributed by atoms with Crippen molar-refractivity contribution in [2.24, 2.45) is 0 Å². The molecule has 0 aliphatic rings. The summed E-state index contributed by atoms with van der Waals surface area (Å²) in [6.45, 7) is 0.162. The fourth-order valence-electron chi connectivity index (χ4n) is 1.99. The smallest absolute Gasteiger partial charge is 0.256 e. The van der Waals surface area contributed by atoms with E-state index in [1.165, 1.54) is 18.2 Å². The Kier molecular flexibility index (Phi) is 4.27. The highest BCUT2D eigenvalue weighted by Crippen LogP contribution is 2.26. The van der Waals surface area contributed by atoms with E-state index in [4.69, 9.17) is 16.0 Å². The van der Waals surface area contributed by atoms with Gasteiger partial charge in [0.25, 0.3) is 5.91 Å². The minimum Gasteiger partial charge on any atom is -0.458 e. The molecule has 112 valence electrons. The van der Waals surface area contributed by atoms with Gasteiger partial charge >= 0.3 is 0 Å². The standard InChI is InChI=1S/C16H11ClFNO2S/c17-11-3-1-4-12(18)15(11)16(20)19-9-10-6-7-13(21-10)14-5-2-8-22-14/h1-8H,9H2,(H,19,20). The lowest BCUT2D eigenvalue weighted by molar-refractivity contribution is 0.0944. The van der Waals surface area contributed by atoms with Crippen LogP contribution in [0.25, 0.3) is 10.6 Å². The van der Waals surface area contributed by atoms with E-state index in [1.807, 2.05) is 23.6 Å². The third-order valence-corrected chi connectivity index (χ3v) is 4.24. The maximum Gasteiger partial charge on any atom is 0.256 e. The van der Waals surface area contributed by atoms with Gasteiger partial charge in [-0.25, -0.2) is 4.39 Å². The van der Waals surface area contributed by atoms with Crippen LogP contribution in [-0.4, -0.2) is 5.91 Å². The molecular formula is C16H11ClFNO2S. The summed E-state index contributed by atoms with van der Waals surface area (Å²) in [6.07, 6.45) is 0. The van der Waals surface area contributed by atoms with E-state index in [0.29, 0.717) is 5.76 Å². The van der Waals surface area contributed by atoms with Gasteiger partial charge in [-0.05, 0) is 35.7 Å². The number of hydrogen-bond acceptors (Lipinski definition) is 3. The average molecular weight is 336 g/mol. The van der Waals surface area contributed by atoms with Gasteiger partial charge in [-0.3, -0.25) is 4.79 Å². The van der Waals surface area contributed by atoms with Gasteiger partial charge in [-0.2, -0.15) is 0 Å². The summed E-state index contributed by atoms with van der Waals surface area (Å²) in [5.74, 6) is 0.105. The van der Waals surface area contributed by atoms with Crippen molar-refractivity contribution in [2.75, 3.05) is 0 Å². The van der Waals surface area contributed by atoms with Crippen LogP contribution in [-0.2, 0) is 6.54 Å². The van der Waals surface area contributed by atoms with Gasteiger partial charge in [-0.1, -0.05) is 23.7 Å². The number of furan rings is 1. The summed E-state index contributed by atoms with van der Waals surface area (Å²) in [5.41, 5.74) is -0.158. The highest BCUT2D eigenvalue weighted by molar-refractivity contribution is 7.13. The lowest BCUT2D eigenvalue weighted by Crippen LogP contribution is -2.24. The molecule has 1 N–H and O–H groups in total. The van der Waals surface area contributed by atoms with Crippen LogP contribution in [0.4, 0.5) is 4.39 Å². The number of nitrogens with one attached hydrogen (secondary N) is 1. The molecule has 0 aliphatic heterocycles. The zero-order valence-corrected chi connectivity index (χ0v) is 12.9. The molecule has 1 aromatic carbocycles. The van der Waals surface area contributed by atoms with Crippen LogP contribution in [0.1, 0.15) is 16.1 Å². The molecule has 22 heavy (non-hydrogen) atoms. The number of rotatable bonds is 4. The molecule has 3 aromatic rings. The third kappa shape index (κ3) is 3.05. The number of carbonyl (C=O) groups is 1.